The van der Waals surface area contributed by atoms with Crippen molar-refractivity contribution in [3.8, 4) is 0 Å². The van der Waals surface area contributed by atoms with Gasteiger partial charge in [-0.25, -0.2) is 0 Å². The monoisotopic (exact) mass is 295 g/mol. The predicted octanol–water partition coefficient (Wildman–Crippen LogP) is 3.66. The summed E-state index contributed by atoms with van der Waals surface area (Å²) >= 11 is 0. The molecule has 1 atom stereocenters. The van der Waals surface area contributed by atoms with Crippen molar-refractivity contribution in [3.05, 3.63) is 77.4 Å². The number of ether oxygens (including phenoxy) is 1. The maximum atomic E-state index is 12.6. The molecule has 0 aliphatic heterocycles. The lowest BCUT2D eigenvalue weighted by Crippen LogP contribution is -2.33. The SMILES string of the molecule is CCC(=C(OC)c1ccccc1)C(N)C(=O)c1ccccc1. The first kappa shape index (κ1) is 16.0. The van der Waals surface area contributed by atoms with Gasteiger partial charge in [-0.1, -0.05) is 67.6 Å². The molecule has 0 fully saturated rings. The first-order chi connectivity index (χ1) is 10.7. The first-order valence-corrected chi connectivity index (χ1v) is 7.36. The van der Waals surface area contributed by atoms with Crippen molar-refractivity contribution in [3.63, 3.8) is 0 Å². The van der Waals surface area contributed by atoms with Crippen molar-refractivity contribution in [1.29, 1.82) is 0 Å². The molecule has 0 spiro atoms. The van der Waals surface area contributed by atoms with Crippen LogP contribution >= 0.6 is 0 Å². The van der Waals surface area contributed by atoms with E-state index in [1.807, 2.05) is 55.5 Å². The number of methoxy groups -OCH3 is 1. The fraction of sp³-hybridized carbons (Fsp3) is 0.211. The Bertz CT molecular complexity index is 648. The van der Waals surface area contributed by atoms with E-state index in [0.29, 0.717) is 17.7 Å². The molecule has 22 heavy (non-hydrogen) atoms. The summed E-state index contributed by atoms with van der Waals surface area (Å²) in [6, 6.07) is 18.1. The second kappa shape index (κ2) is 7.57. The fourth-order valence-corrected chi connectivity index (χ4v) is 2.49. The van der Waals surface area contributed by atoms with Gasteiger partial charge in [-0.3, -0.25) is 4.79 Å². The van der Waals surface area contributed by atoms with Gasteiger partial charge in [0, 0.05) is 11.1 Å². The van der Waals surface area contributed by atoms with Gasteiger partial charge in [0.25, 0.3) is 0 Å². The molecule has 0 amide bonds. The summed E-state index contributed by atoms with van der Waals surface area (Å²) in [4.78, 5) is 12.6. The molecule has 0 heterocycles. The molecule has 2 rings (SSSR count). The van der Waals surface area contributed by atoms with E-state index in [-0.39, 0.29) is 5.78 Å². The molecule has 114 valence electrons. The topological polar surface area (TPSA) is 52.3 Å². The van der Waals surface area contributed by atoms with Crippen molar-refractivity contribution in [2.24, 2.45) is 5.73 Å². The molecule has 0 radical (unpaired) electrons. The van der Waals surface area contributed by atoms with Crippen molar-refractivity contribution < 1.29 is 9.53 Å². The Hall–Kier alpha value is -2.39. The van der Waals surface area contributed by atoms with E-state index in [0.717, 1.165) is 11.1 Å². The Balaban J connectivity index is 2.41. The smallest absolute Gasteiger partial charge is 0.183 e. The van der Waals surface area contributed by atoms with Crippen LogP contribution in [0.25, 0.3) is 5.76 Å². The molecule has 2 aromatic carbocycles. The number of hydrogen-bond donors (Lipinski definition) is 1. The van der Waals surface area contributed by atoms with Gasteiger partial charge in [-0.2, -0.15) is 0 Å². The summed E-state index contributed by atoms with van der Waals surface area (Å²) < 4.78 is 5.54. The molecule has 2 aromatic rings. The van der Waals surface area contributed by atoms with E-state index in [2.05, 4.69) is 0 Å². The number of Topliss-reactive ketones (excluding diaryl/α,β-unsaturated/α-hetero) is 1. The van der Waals surface area contributed by atoms with E-state index in [4.69, 9.17) is 10.5 Å². The molecular weight excluding hydrogens is 274 g/mol. The van der Waals surface area contributed by atoms with Gasteiger partial charge in [0.05, 0.1) is 13.2 Å². The second-order valence-electron chi connectivity index (χ2n) is 4.99. The van der Waals surface area contributed by atoms with Crippen LogP contribution in [0.4, 0.5) is 0 Å². The standard InChI is InChI=1S/C19H21NO2/c1-3-16(19(22-2)15-12-8-5-9-13-15)17(20)18(21)14-10-6-4-7-11-14/h4-13,17H,3,20H2,1-2H3. The number of carbonyl (C=O) groups excluding carboxylic acids is 1. The quantitative estimate of drug-likeness (QED) is 0.653. The highest BCUT2D eigenvalue weighted by Crippen LogP contribution is 2.24. The molecule has 0 saturated carbocycles. The van der Waals surface area contributed by atoms with Gasteiger partial charge < -0.3 is 10.5 Å². The average molecular weight is 295 g/mol. The third-order valence-corrected chi connectivity index (χ3v) is 3.63. The summed E-state index contributed by atoms with van der Waals surface area (Å²) in [7, 11) is 1.61. The normalized spacial score (nSPS) is 13.2. The highest BCUT2D eigenvalue weighted by molar-refractivity contribution is 6.02. The van der Waals surface area contributed by atoms with Crippen molar-refractivity contribution in [1.82, 2.24) is 0 Å². The lowest BCUT2D eigenvalue weighted by molar-refractivity contribution is 0.0972. The number of benzene rings is 2. The van der Waals surface area contributed by atoms with Crippen LogP contribution in [0.15, 0.2) is 66.2 Å². The minimum Gasteiger partial charge on any atom is -0.496 e. The maximum absolute atomic E-state index is 12.6. The molecule has 2 N–H and O–H groups in total. The Morgan fingerprint density at radius 3 is 1.95 bits per heavy atom. The fourth-order valence-electron chi connectivity index (χ4n) is 2.49. The Labute approximate surface area is 131 Å². The van der Waals surface area contributed by atoms with Crippen LogP contribution in [0, 0.1) is 0 Å². The zero-order valence-corrected chi connectivity index (χ0v) is 13.0. The highest BCUT2D eigenvalue weighted by atomic mass is 16.5. The van der Waals surface area contributed by atoms with Crippen molar-refractivity contribution in [2.45, 2.75) is 19.4 Å². The zero-order chi connectivity index (χ0) is 15.9. The van der Waals surface area contributed by atoms with Gasteiger partial charge in [-0.05, 0) is 12.0 Å². The molecule has 0 aliphatic carbocycles. The number of nitrogens with two attached hydrogens (primary N) is 1. The molecule has 0 bridgehead atoms. The lowest BCUT2D eigenvalue weighted by atomic mass is 9.93. The van der Waals surface area contributed by atoms with Gasteiger partial charge in [0.1, 0.15) is 5.76 Å². The third-order valence-electron chi connectivity index (χ3n) is 3.63. The maximum Gasteiger partial charge on any atom is 0.183 e. The highest BCUT2D eigenvalue weighted by Gasteiger charge is 2.23. The van der Waals surface area contributed by atoms with E-state index in [1.54, 1.807) is 19.2 Å². The van der Waals surface area contributed by atoms with Crippen molar-refractivity contribution in [2.75, 3.05) is 7.11 Å². The van der Waals surface area contributed by atoms with E-state index >= 15 is 0 Å². The molecule has 0 aliphatic rings. The van der Waals surface area contributed by atoms with Crippen LogP contribution in [-0.2, 0) is 4.74 Å². The molecule has 3 nitrogen and oxygen atoms in total. The Morgan fingerprint density at radius 2 is 1.50 bits per heavy atom. The van der Waals surface area contributed by atoms with Gasteiger partial charge in [0.2, 0.25) is 0 Å². The molecule has 3 heteroatoms. The second-order valence-corrected chi connectivity index (χ2v) is 4.99. The number of hydrogen-bond acceptors (Lipinski definition) is 3. The van der Waals surface area contributed by atoms with Crippen molar-refractivity contribution >= 4 is 11.5 Å². The average Bonchev–Trinajstić information content (AvgIpc) is 2.59. The summed E-state index contributed by atoms with van der Waals surface area (Å²) in [5, 5.41) is 0. The van der Waals surface area contributed by atoms with Crippen LogP contribution in [0.1, 0.15) is 29.3 Å². The Kier molecular flexibility index (Phi) is 5.50. The van der Waals surface area contributed by atoms with Crippen LogP contribution < -0.4 is 5.73 Å². The minimum atomic E-state index is -0.706. The zero-order valence-electron chi connectivity index (χ0n) is 13.0. The molecule has 0 saturated heterocycles. The van der Waals surface area contributed by atoms with Crippen LogP contribution in [-0.4, -0.2) is 18.9 Å². The number of rotatable bonds is 6. The van der Waals surface area contributed by atoms with Crippen LogP contribution in [0.2, 0.25) is 0 Å². The van der Waals surface area contributed by atoms with Crippen LogP contribution in [0.3, 0.4) is 0 Å². The minimum absolute atomic E-state index is 0.0945. The van der Waals surface area contributed by atoms with E-state index in [9.17, 15) is 4.79 Å². The molecule has 0 aromatic heterocycles. The number of ketones is 1. The third kappa shape index (κ3) is 3.43. The summed E-state index contributed by atoms with van der Waals surface area (Å²) in [5.41, 5.74) is 8.58. The van der Waals surface area contributed by atoms with Gasteiger partial charge in [-0.15, -0.1) is 0 Å². The summed E-state index contributed by atoms with van der Waals surface area (Å²) in [5.74, 6) is 0.586. The van der Waals surface area contributed by atoms with Gasteiger partial charge >= 0.3 is 0 Å². The molecule has 1 unspecified atom stereocenters. The van der Waals surface area contributed by atoms with Gasteiger partial charge in [0.15, 0.2) is 5.78 Å². The largest absolute Gasteiger partial charge is 0.496 e. The number of carbonyl (C=O) groups is 1. The van der Waals surface area contributed by atoms with E-state index < -0.39 is 6.04 Å². The predicted molar refractivity (Wildman–Crippen MR) is 89.4 cm³/mol. The first-order valence-electron chi connectivity index (χ1n) is 7.36. The van der Waals surface area contributed by atoms with E-state index in [1.165, 1.54) is 0 Å². The lowest BCUT2D eigenvalue weighted by Gasteiger charge is -2.19. The molecular formula is C19H21NO2. The van der Waals surface area contributed by atoms with Crippen LogP contribution in [0.5, 0.6) is 0 Å². The summed E-state index contributed by atoms with van der Waals surface area (Å²) in [6.45, 7) is 1.98. The summed E-state index contributed by atoms with van der Waals surface area (Å²) in [6.07, 6.45) is 0.651. The Morgan fingerprint density at radius 1 is 1.00 bits per heavy atom.